The predicted octanol–water partition coefficient (Wildman–Crippen LogP) is 3.41. The van der Waals surface area contributed by atoms with Gasteiger partial charge >= 0.3 is 0 Å². The summed E-state index contributed by atoms with van der Waals surface area (Å²) >= 11 is 0. The van der Waals surface area contributed by atoms with E-state index in [1.165, 1.54) is 5.56 Å². The Balaban J connectivity index is 1.04. The molecule has 190 valence electrons. The Morgan fingerprint density at radius 2 is 1.64 bits per heavy atom. The van der Waals surface area contributed by atoms with Crippen LogP contribution in [-0.4, -0.2) is 65.2 Å². The third kappa shape index (κ3) is 6.37. The van der Waals surface area contributed by atoms with Crippen LogP contribution in [0.1, 0.15) is 35.4 Å². The number of rotatable bonds is 8. The van der Waals surface area contributed by atoms with Crippen molar-refractivity contribution in [3.05, 3.63) is 71.1 Å². The second-order valence-electron chi connectivity index (χ2n) is 9.80. The minimum absolute atomic E-state index is 0.0482. The summed E-state index contributed by atoms with van der Waals surface area (Å²) in [6.45, 7) is 9.47. The minimum atomic E-state index is 0.0482. The average molecular weight is 490 g/mol. The maximum Gasteiger partial charge on any atom is 0.241 e. The molecule has 0 atom stereocenters. The number of carbonyl (C=O) groups excluding carboxylic acids is 1. The molecule has 2 aromatic carbocycles. The van der Waals surface area contributed by atoms with E-state index in [0.29, 0.717) is 24.8 Å². The number of nitrogens with one attached hydrogen (secondary N) is 1. The van der Waals surface area contributed by atoms with Gasteiger partial charge in [-0.15, -0.1) is 0 Å². The van der Waals surface area contributed by atoms with Crippen LogP contribution in [-0.2, 0) is 29.2 Å². The van der Waals surface area contributed by atoms with Crippen molar-refractivity contribution in [2.45, 2.75) is 39.4 Å². The van der Waals surface area contributed by atoms with Gasteiger partial charge in [-0.05, 0) is 49.5 Å². The highest BCUT2D eigenvalue weighted by molar-refractivity contribution is 5.78. The molecule has 0 aliphatic carbocycles. The van der Waals surface area contributed by atoms with Crippen molar-refractivity contribution in [1.29, 1.82) is 0 Å². The number of aromatic nitrogens is 2. The first-order chi connectivity index (χ1) is 17.6. The van der Waals surface area contributed by atoms with Gasteiger partial charge in [-0.1, -0.05) is 53.7 Å². The Morgan fingerprint density at radius 3 is 2.39 bits per heavy atom. The van der Waals surface area contributed by atoms with Crippen LogP contribution in [0.5, 0.6) is 0 Å². The third-order valence-electron chi connectivity index (χ3n) is 7.17. The van der Waals surface area contributed by atoms with Gasteiger partial charge in [-0.25, -0.2) is 0 Å². The van der Waals surface area contributed by atoms with Crippen molar-refractivity contribution in [3.8, 4) is 11.4 Å². The largest absolute Gasteiger partial charge is 0.379 e. The van der Waals surface area contributed by atoms with Crippen molar-refractivity contribution >= 4 is 5.91 Å². The summed E-state index contributed by atoms with van der Waals surface area (Å²) in [5, 5.41) is 7.29. The molecule has 2 saturated heterocycles. The summed E-state index contributed by atoms with van der Waals surface area (Å²) in [6.07, 6.45) is 1.67. The fourth-order valence-electron chi connectivity index (χ4n) is 4.91. The summed E-state index contributed by atoms with van der Waals surface area (Å²) in [5.41, 5.74) is 4.55. The molecule has 0 radical (unpaired) electrons. The normalized spacial score (nSPS) is 17.8. The fourth-order valence-corrected chi connectivity index (χ4v) is 4.91. The van der Waals surface area contributed by atoms with Gasteiger partial charge in [0.25, 0.3) is 0 Å². The summed E-state index contributed by atoms with van der Waals surface area (Å²) in [7, 11) is 0. The smallest absolute Gasteiger partial charge is 0.241 e. The summed E-state index contributed by atoms with van der Waals surface area (Å²) in [4.78, 5) is 22.0. The van der Waals surface area contributed by atoms with Crippen molar-refractivity contribution in [2.75, 3.05) is 39.4 Å². The van der Waals surface area contributed by atoms with Gasteiger partial charge in [0.15, 0.2) is 0 Å². The van der Waals surface area contributed by atoms with E-state index in [2.05, 4.69) is 49.5 Å². The van der Waals surface area contributed by atoms with Crippen LogP contribution in [0, 0.1) is 12.8 Å². The lowest BCUT2D eigenvalue weighted by Crippen LogP contribution is -2.40. The molecule has 36 heavy (non-hydrogen) atoms. The standard InChI is InChI=1S/C28H35N5O3/c1-21-4-2-3-5-25(21)27-30-26(36-31-27)20-32-12-10-24(11-13-32)28(34)29-18-22-6-8-23(9-7-22)19-33-14-16-35-17-15-33/h2-9,24H,10-20H2,1H3,(H,29,34). The maximum atomic E-state index is 12.8. The summed E-state index contributed by atoms with van der Waals surface area (Å²) < 4.78 is 10.9. The number of hydrogen-bond donors (Lipinski definition) is 1. The van der Waals surface area contributed by atoms with Crippen LogP contribution < -0.4 is 5.32 Å². The molecular weight excluding hydrogens is 454 g/mol. The van der Waals surface area contributed by atoms with E-state index >= 15 is 0 Å². The molecule has 5 rings (SSSR count). The Kier molecular flexibility index (Phi) is 8.05. The number of morpholine rings is 1. The molecule has 1 N–H and O–H groups in total. The number of nitrogens with zero attached hydrogens (tertiary/aromatic N) is 4. The van der Waals surface area contributed by atoms with Crippen molar-refractivity contribution in [1.82, 2.24) is 25.3 Å². The van der Waals surface area contributed by atoms with Gasteiger partial charge in [0.1, 0.15) is 0 Å². The van der Waals surface area contributed by atoms with Crippen LogP contribution in [0.25, 0.3) is 11.4 Å². The fraction of sp³-hybridized carbons (Fsp3) is 0.464. The zero-order chi connectivity index (χ0) is 24.7. The Morgan fingerprint density at radius 1 is 0.944 bits per heavy atom. The SMILES string of the molecule is Cc1ccccc1-c1noc(CN2CCC(C(=O)NCc3ccc(CN4CCOCC4)cc3)CC2)n1. The first kappa shape index (κ1) is 24.6. The van der Waals surface area contributed by atoms with Gasteiger partial charge < -0.3 is 14.6 Å². The number of benzene rings is 2. The van der Waals surface area contributed by atoms with E-state index in [1.54, 1.807) is 0 Å². The molecule has 2 fully saturated rings. The average Bonchev–Trinajstić information content (AvgIpc) is 3.37. The summed E-state index contributed by atoms with van der Waals surface area (Å²) in [5.74, 6) is 1.44. The van der Waals surface area contributed by atoms with E-state index in [4.69, 9.17) is 9.26 Å². The molecule has 8 nitrogen and oxygen atoms in total. The second kappa shape index (κ2) is 11.8. The van der Waals surface area contributed by atoms with Crippen molar-refractivity contribution in [3.63, 3.8) is 0 Å². The van der Waals surface area contributed by atoms with E-state index in [0.717, 1.165) is 75.5 Å². The topological polar surface area (TPSA) is 83.7 Å². The first-order valence-electron chi connectivity index (χ1n) is 12.9. The second-order valence-corrected chi connectivity index (χ2v) is 9.80. The molecule has 0 saturated carbocycles. The van der Waals surface area contributed by atoms with Crippen LogP contribution in [0.4, 0.5) is 0 Å². The van der Waals surface area contributed by atoms with Gasteiger partial charge in [-0.2, -0.15) is 4.98 Å². The number of likely N-dealkylation sites (tertiary alicyclic amines) is 1. The highest BCUT2D eigenvalue weighted by atomic mass is 16.5. The Labute approximate surface area is 212 Å². The number of piperidine rings is 1. The van der Waals surface area contributed by atoms with Crippen molar-refractivity contribution in [2.24, 2.45) is 5.92 Å². The molecule has 2 aliphatic rings. The van der Waals surface area contributed by atoms with Crippen LogP contribution >= 0.6 is 0 Å². The molecular formula is C28H35N5O3. The van der Waals surface area contributed by atoms with Crippen LogP contribution in [0.3, 0.4) is 0 Å². The Bertz CT molecular complexity index is 1130. The number of amides is 1. The lowest BCUT2D eigenvalue weighted by molar-refractivity contribution is -0.126. The van der Waals surface area contributed by atoms with E-state index in [-0.39, 0.29) is 11.8 Å². The lowest BCUT2D eigenvalue weighted by atomic mass is 9.96. The zero-order valence-corrected chi connectivity index (χ0v) is 21.0. The predicted molar refractivity (Wildman–Crippen MR) is 137 cm³/mol. The molecule has 1 aromatic heterocycles. The highest BCUT2D eigenvalue weighted by Crippen LogP contribution is 2.22. The van der Waals surface area contributed by atoms with Crippen molar-refractivity contribution < 1.29 is 14.1 Å². The molecule has 8 heteroatoms. The van der Waals surface area contributed by atoms with Gasteiger partial charge in [0.2, 0.25) is 17.6 Å². The minimum Gasteiger partial charge on any atom is -0.379 e. The molecule has 3 aromatic rings. The number of aryl methyl sites for hydroxylation is 1. The molecule has 3 heterocycles. The van der Waals surface area contributed by atoms with E-state index in [9.17, 15) is 4.79 Å². The highest BCUT2D eigenvalue weighted by Gasteiger charge is 2.26. The molecule has 0 spiro atoms. The quantitative estimate of drug-likeness (QED) is 0.519. The Hall–Kier alpha value is -3.07. The van der Waals surface area contributed by atoms with Gasteiger partial charge in [0.05, 0.1) is 19.8 Å². The lowest BCUT2D eigenvalue weighted by Gasteiger charge is -2.30. The van der Waals surface area contributed by atoms with E-state index in [1.807, 2.05) is 31.2 Å². The number of hydrogen-bond acceptors (Lipinski definition) is 7. The maximum absolute atomic E-state index is 12.8. The first-order valence-corrected chi connectivity index (χ1v) is 12.9. The molecule has 1 amide bonds. The molecule has 0 bridgehead atoms. The van der Waals surface area contributed by atoms with E-state index < -0.39 is 0 Å². The third-order valence-corrected chi connectivity index (χ3v) is 7.17. The van der Waals surface area contributed by atoms with Crippen LogP contribution in [0.2, 0.25) is 0 Å². The molecule has 0 unspecified atom stereocenters. The van der Waals surface area contributed by atoms with Gasteiger partial charge in [0, 0.05) is 37.7 Å². The van der Waals surface area contributed by atoms with Crippen LogP contribution in [0.15, 0.2) is 53.1 Å². The van der Waals surface area contributed by atoms with Gasteiger partial charge in [-0.3, -0.25) is 14.6 Å². The molecule has 2 aliphatic heterocycles. The summed E-state index contributed by atoms with van der Waals surface area (Å²) in [6, 6.07) is 16.6. The zero-order valence-electron chi connectivity index (χ0n) is 21.0. The number of ether oxygens (including phenoxy) is 1. The monoisotopic (exact) mass is 489 g/mol. The number of carbonyl (C=O) groups is 1.